The van der Waals surface area contributed by atoms with Crippen LogP contribution >= 0.6 is 0 Å². The second-order valence-corrected chi connectivity index (χ2v) is 14.7. The van der Waals surface area contributed by atoms with Crippen molar-refractivity contribution in [3.05, 3.63) is 101 Å². The molecular weight excluding hydrogens is 655 g/mol. The molecule has 0 bridgehead atoms. The topological polar surface area (TPSA) is 166 Å². The van der Waals surface area contributed by atoms with E-state index in [9.17, 15) is 30.4 Å². The number of amides is 1. The number of carbonyl (C=O) groups excluding carboxylic acids is 1. The lowest BCUT2D eigenvalue weighted by atomic mass is 9.97. The van der Waals surface area contributed by atoms with Gasteiger partial charge in [-0.15, -0.1) is 0 Å². The Hall–Kier alpha value is -5.28. The molecule has 0 saturated carbocycles. The maximum atomic E-state index is 14.5. The highest BCUT2D eigenvalue weighted by Gasteiger charge is 2.26. The van der Waals surface area contributed by atoms with E-state index in [-0.39, 0.29) is 68.2 Å². The van der Waals surface area contributed by atoms with E-state index in [1.54, 1.807) is 6.07 Å². The fraction of sp³-hybridized carbons (Fsp3) is 0.125. The minimum absolute atomic E-state index is 0.0455. The van der Waals surface area contributed by atoms with Crippen LogP contribution in [0, 0.1) is 11.6 Å². The van der Waals surface area contributed by atoms with E-state index in [4.69, 9.17) is 14.6 Å². The maximum Gasteiger partial charge on any atom is 0.252 e. The smallest absolute Gasteiger partial charge is 0.252 e. The van der Waals surface area contributed by atoms with E-state index in [1.165, 1.54) is 73.8 Å². The molecule has 0 radical (unpaired) electrons. The molecule has 0 aliphatic rings. The summed E-state index contributed by atoms with van der Waals surface area (Å²) in [6.07, 6.45) is 2.05. The van der Waals surface area contributed by atoms with Crippen molar-refractivity contribution >= 4 is 59.4 Å². The van der Waals surface area contributed by atoms with Gasteiger partial charge in [0.1, 0.15) is 22.7 Å². The number of nitrogens with two attached hydrogens (primary N) is 1. The molecule has 0 fully saturated rings. The highest BCUT2D eigenvalue weighted by Crippen LogP contribution is 2.42. The number of halogens is 2. The third-order valence-corrected chi connectivity index (χ3v) is 9.25. The molecule has 0 aliphatic carbocycles. The SMILES string of the molecule is CN(c1cc2oc(Cc3ccc(F)cc3)c(C(N)=O)c2cc1-c1ccc(NS(C)(=O)=O)c(-c2nc3c(F)cccc3o2)c1)S(C)(=O)=O. The van der Waals surface area contributed by atoms with Crippen LogP contribution in [-0.4, -0.2) is 47.3 Å². The number of benzene rings is 4. The molecule has 2 aromatic heterocycles. The van der Waals surface area contributed by atoms with Crippen molar-refractivity contribution in [1.29, 1.82) is 0 Å². The number of rotatable bonds is 9. The molecule has 4 aromatic carbocycles. The van der Waals surface area contributed by atoms with Crippen LogP contribution in [0.25, 0.3) is 44.7 Å². The molecule has 15 heteroatoms. The minimum Gasteiger partial charge on any atom is -0.460 e. The first-order chi connectivity index (χ1) is 22.1. The Balaban J connectivity index is 1.61. The molecule has 47 heavy (non-hydrogen) atoms. The molecule has 0 saturated heterocycles. The Morgan fingerprint density at radius 2 is 1.64 bits per heavy atom. The number of carbonyl (C=O) groups is 1. The highest BCUT2D eigenvalue weighted by atomic mass is 32.2. The van der Waals surface area contributed by atoms with E-state index in [0.717, 1.165) is 16.8 Å². The number of aromatic nitrogens is 1. The predicted octanol–water partition coefficient (Wildman–Crippen LogP) is 5.64. The number of para-hydroxylation sites is 1. The number of sulfonamides is 2. The molecule has 11 nitrogen and oxygen atoms in total. The van der Waals surface area contributed by atoms with Crippen LogP contribution in [0.15, 0.2) is 81.6 Å². The normalized spacial score (nSPS) is 12.1. The lowest BCUT2D eigenvalue weighted by Crippen LogP contribution is -2.25. The monoisotopic (exact) mass is 680 g/mol. The molecule has 0 unspecified atom stereocenters. The van der Waals surface area contributed by atoms with Crippen molar-refractivity contribution in [1.82, 2.24) is 4.98 Å². The van der Waals surface area contributed by atoms with Gasteiger partial charge >= 0.3 is 0 Å². The molecule has 0 spiro atoms. The number of nitrogens with one attached hydrogen (secondary N) is 1. The number of anilines is 2. The largest absolute Gasteiger partial charge is 0.460 e. The summed E-state index contributed by atoms with van der Waals surface area (Å²) in [7, 11) is -6.31. The van der Waals surface area contributed by atoms with Crippen molar-refractivity contribution in [3.63, 3.8) is 0 Å². The maximum absolute atomic E-state index is 14.5. The number of fused-ring (bicyclic) bond motifs is 2. The van der Waals surface area contributed by atoms with Gasteiger partial charge in [0, 0.05) is 30.5 Å². The van der Waals surface area contributed by atoms with Gasteiger partial charge in [-0.05, 0) is 53.6 Å². The van der Waals surface area contributed by atoms with Crippen LogP contribution in [0.4, 0.5) is 20.2 Å². The van der Waals surface area contributed by atoms with Gasteiger partial charge in [-0.2, -0.15) is 0 Å². The van der Waals surface area contributed by atoms with Gasteiger partial charge in [-0.25, -0.2) is 30.6 Å². The van der Waals surface area contributed by atoms with Crippen LogP contribution in [0.5, 0.6) is 0 Å². The molecule has 6 aromatic rings. The molecule has 0 aliphatic heterocycles. The Labute approximate surface area is 267 Å². The summed E-state index contributed by atoms with van der Waals surface area (Å²) in [5.41, 5.74) is 7.66. The molecular formula is C32H26F2N4O7S2. The Kier molecular flexibility index (Phi) is 7.76. The number of nitrogens with zero attached hydrogens (tertiary/aromatic N) is 2. The quantitative estimate of drug-likeness (QED) is 0.198. The zero-order valence-corrected chi connectivity index (χ0v) is 26.7. The van der Waals surface area contributed by atoms with Crippen molar-refractivity contribution in [2.24, 2.45) is 5.73 Å². The zero-order valence-electron chi connectivity index (χ0n) is 25.0. The highest BCUT2D eigenvalue weighted by molar-refractivity contribution is 7.92. The van der Waals surface area contributed by atoms with Crippen molar-refractivity contribution in [3.8, 4) is 22.6 Å². The number of hydrogen-bond donors (Lipinski definition) is 2. The van der Waals surface area contributed by atoms with Crippen LogP contribution < -0.4 is 14.8 Å². The first-order valence-electron chi connectivity index (χ1n) is 13.8. The average Bonchev–Trinajstić information content (AvgIpc) is 3.58. The van der Waals surface area contributed by atoms with Crippen molar-refractivity contribution in [2.45, 2.75) is 6.42 Å². The molecule has 2 heterocycles. The Morgan fingerprint density at radius 3 is 2.28 bits per heavy atom. The van der Waals surface area contributed by atoms with Gasteiger partial charge in [0.05, 0.1) is 35.0 Å². The third-order valence-electron chi connectivity index (χ3n) is 7.47. The Morgan fingerprint density at radius 1 is 0.915 bits per heavy atom. The van der Waals surface area contributed by atoms with Gasteiger partial charge in [-0.3, -0.25) is 13.8 Å². The number of primary amides is 1. The first-order valence-corrected chi connectivity index (χ1v) is 17.6. The van der Waals surface area contributed by atoms with Gasteiger partial charge in [0.15, 0.2) is 11.4 Å². The van der Waals surface area contributed by atoms with E-state index in [2.05, 4.69) is 9.71 Å². The van der Waals surface area contributed by atoms with E-state index >= 15 is 0 Å². The summed E-state index contributed by atoms with van der Waals surface area (Å²) in [5.74, 6) is -1.82. The van der Waals surface area contributed by atoms with Gasteiger partial charge in [-0.1, -0.05) is 24.3 Å². The fourth-order valence-corrected chi connectivity index (χ4v) is 6.33. The lowest BCUT2D eigenvalue weighted by molar-refractivity contribution is 0.1000. The van der Waals surface area contributed by atoms with Crippen LogP contribution in [-0.2, 0) is 26.5 Å². The van der Waals surface area contributed by atoms with Gasteiger partial charge < -0.3 is 14.6 Å². The molecule has 1 amide bonds. The molecule has 0 atom stereocenters. The Bertz CT molecular complexity index is 2440. The second-order valence-electron chi connectivity index (χ2n) is 10.9. The summed E-state index contributed by atoms with van der Waals surface area (Å²) < 4.78 is 93.4. The number of hydrogen-bond acceptors (Lipinski definition) is 8. The van der Waals surface area contributed by atoms with Gasteiger partial charge in [0.2, 0.25) is 25.9 Å². The molecule has 3 N–H and O–H groups in total. The first kappa shape index (κ1) is 31.7. The predicted molar refractivity (Wildman–Crippen MR) is 174 cm³/mol. The van der Waals surface area contributed by atoms with E-state index in [1.807, 2.05) is 0 Å². The summed E-state index contributed by atoms with van der Waals surface area (Å²) in [4.78, 5) is 17.0. The zero-order chi connectivity index (χ0) is 33.8. The minimum atomic E-state index is -3.84. The third kappa shape index (κ3) is 6.26. The van der Waals surface area contributed by atoms with Crippen LogP contribution in [0.1, 0.15) is 21.7 Å². The summed E-state index contributed by atoms with van der Waals surface area (Å²) >= 11 is 0. The van der Waals surface area contributed by atoms with Crippen LogP contribution in [0.3, 0.4) is 0 Å². The number of furan rings is 1. The van der Waals surface area contributed by atoms with Gasteiger partial charge in [0.25, 0.3) is 5.91 Å². The van der Waals surface area contributed by atoms with E-state index in [0.29, 0.717) is 11.1 Å². The van der Waals surface area contributed by atoms with E-state index < -0.39 is 37.6 Å². The summed E-state index contributed by atoms with van der Waals surface area (Å²) in [5, 5.41) is 0.277. The number of oxazole rings is 1. The average molecular weight is 681 g/mol. The van der Waals surface area contributed by atoms with Crippen LogP contribution in [0.2, 0.25) is 0 Å². The molecule has 6 rings (SSSR count). The lowest BCUT2D eigenvalue weighted by Gasteiger charge is -2.21. The second kappa shape index (κ2) is 11.5. The standard InChI is InChI=1S/C32H26F2N4O7S2/c1-38(47(3,42)43)25-16-27-22(29(31(35)39)28(44-27)13-17-7-10-19(33)11-8-17)15-20(25)18-9-12-24(37-46(2,40)41)21(14-18)32-36-30-23(34)5-4-6-26(30)45-32/h4-12,14-16,37H,13H2,1-3H3,(H2,35,39). The molecule has 242 valence electrons. The summed E-state index contributed by atoms with van der Waals surface area (Å²) in [6, 6.07) is 17.2. The fourth-order valence-electron chi connectivity index (χ4n) is 5.24. The summed E-state index contributed by atoms with van der Waals surface area (Å²) in [6.45, 7) is 0. The van der Waals surface area contributed by atoms with Crippen molar-refractivity contribution < 1.29 is 39.2 Å². The van der Waals surface area contributed by atoms with Crippen molar-refractivity contribution in [2.75, 3.05) is 28.6 Å².